The van der Waals surface area contributed by atoms with Crippen LogP contribution in [0.4, 0.5) is 5.69 Å². The molecule has 0 spiro atoms. The highest BCUT2D eigenvalue weighted by Crippen LogP contribution is 2.30. The topological polar surface area (TPSA) is 66.9 Å². The highest BCUT2D eigenvalue weighted by Gasteiger charge is 2.33. The Balaban J connectivity index is 1.68. The number of hydrogen-bond acceptors (Lipinski definition) is 5. The van der Waals surface area contributed by atoms with E-state index in [1.807, 2.05) is 29.2 Å². The molecule has 0 aromatic heterocycles. The summed E-state index contributed by atoms with van der Waals surface area (Å²) >= 11 is 0. The Bertz CT molecular complexity index is 674. The predicted molar refractivity (Wildman–Crippen MR) is 84.0 cm³/mol. The molecule has 7 heteroatoms. The maximum Gasteiger partial charge on any atom is 0.242 e. The van der Waals surface area contributed by atoms with Gasteiger partial charge in [0.2, 0.25) is 5.91 Å². The van der Waals surface area contributed by atoms with Crippen LogP contribution in [0.1, 0.15) is 6.42 Å². The van der Waals surface area contributed by atoms with Crippen LogP contribution in [0.25, 0.3) is 0 Å². The summed E-state index contributed by atoms with van der Waals surface area (Å²) in [6.45, 7) is 1.44. The third-order valence-electron chi connectivity index (χ3n) is 4.30. The van der Waals surface area contributed by atoms with E-state index in [-0.39, 0.29) is 30.0 Å². The average molecular weight is 324 g/mol. The summed E-state index contributed by atoms with van der Waals surface area (Å²) in [5.41, 5.74) is 0.912. The van der Waals surface area contributed by atoms with Gasteiger partial charge in [-0.25, -0.2) is 8.42 Å². The van der Waals surface area contributed by atoms with Crippen LogP contribution < -0.4 is 9.64 Å². The molecule has 3 rings (SSSR count). The molecule has 2 aliphatic rings. The van der Waals surface area contributed by atoms with E-state index in [0.717, 1.165) is 11.4 Å². The number of likely N-dealkylation sites (N-methyl/N-ethyl adjacent to an activating group) is 1. The van der Waals surface area contributed by atoms with Crippen molar-refractivity contribution in [2.45, 2.75) is 12.5 Å². The van der Waals surface area contributed by atoms with E-state index >= 15 is 0 Å². The normalized spacial score (nSPS) is 22.8. The number of rotatable bonds is 3. The van der Waals surface area contributed by atoms with E-state index in [1.54, 1.807) is 11.9 Å². The van der Waals surface area contributed by atoms with Crippen molar-refractivity contribution in [1.29, 1.82) is 0 Å². The van der Waals surface area contributed by atoms with Gasteiger partial charge in [0, 0.05) is 13.1 Å². The van der Waals surface area contributed by atoms with Crippen LogP contribution in [0.5, 0.6) is 5.75 Å². The molecule has 2 heterocycles. The second kappa shape index (κ2) is 5.79. The number of nitrogens with zero attached hydrogens (tertiary/aromatic N) is 2. The monoisotopic (exact) mass is 324 g/mol. The number of carbonyl (C=O) groups is 1. The summed E-state index contributed by atoms with van der Waals surface area (Å²) < 4.78 is 28.7. The fraction of sp³-hybridized carbons (Fsp3) is 0.533. The molecule has 6 nitrogen and oxygen atoms in total. The van der Waals surface area contributed by atoms with Crippen LogP contribution in [0.2, 0.25) is 0 Å². The van der Waals surface area contributed by atoms with Crippen molar-refractivity contribution in [1.82, 2.24) is 4.90 Å². The summed E-state index contributed by atoms with van der Waals surface area (Å²) in [6, 6.07) is 7.44. The molecule has 0 saturated carbocycles. The quantitative estimate of drug-likeness (QED) is 0.811. The molecule has 22 heavy (non-hydrogen) atoms. The molecular weight excluding hydrogens is 304 g/mol. The van der Waals surface area contributed by atoms with Crippen molar-refractivity contribution >= 4 is 21.4 Å². The smallest absolute Gasteiger partial charge is 0.242 e. The molecule has 1 saturated heterocycles. The fourth-order valence-corrected chi connectivity index (χ4v) is 4.72. The summed E-state index contributed by atoms with van der Waals surface area (Å²) in [5.74, 6) is 0.983. The maximum atomic E-state index is 12.5. The highest BCUT2D eigenvalue weighted by molar-refractivity contribution is 7.91. The van der Waals surface area contributed by atoms with Crippen LogP contribution in [-0.4, -0.2) is 63.5 Å². The van der Waals surface area contributed by atoms with Crippen molar-refractivity contribution in [3.05, 3.63) is 24.3 Å². The molecule has 1 aromatic carbocycles. The lowest BCUT2D eigenvalue weighted by atomic mass is 10.2. The van der Waals surface area contributed by atoms with Crippen LogP contribution in [0.15, 0.2) is 24.3 Å². The molecule has 1 atom stereocenters. The lowest BCUT2D eigenvalue weighted by Crippen LogP contribution is -2.45. The van der Waals surface area contributed by atoms with Crippen LogP contribution in [0.3, 0.4) is 0 Å². The molecule has 0 N–H and O–H groups in total. The van der Waals surface area contributed by atoms with E-state index in [9.17, 15) is 13.2 Å². The Hall–Kier alpha value is -1.76. The van der Waals surface area contributed by atoms with E-state index in [0.29, 0.717) is 19.6 Å². The molecular formula is C15H20N2O4S. The van der Waals surface area contributed by atoms with Crippen molar-refractivity contribution in [3.63, 3.8) is 0 Å². The second-order valence-corrected chi connectivity index (χ2v) is 8.03. The summed E-state index contributed by atoms with van der Waals surface area (Å²) in [5, 5.41) is 0. The Labute approximate surface area is 130 Å². The number of para-hydroxylation sites is 2. The van der Waals surface area contributed by atoms with Crippen molar-refractivity contribution in [2.24, 2.45) is 0 Å². The molecule has 2 aliphatic heterocycles. The Morgan fingerprint density at radius 2 is 2.18 bits per heavy atom. The van der Waals surface area contributed by atoms with Gasteiger partial charge in [-0.1, -0.05) is 12.1 Å². The predicted octanol–water partition coefficient (Wildman–Crippen LogP) is 0.531. The largest absolute Gasteiger partial charge is 0.490 e. The van der Waals surface area contributed by atoms with Crippen molar-refractivity contribution < 1.29 is 17.9 Å². The van der Waals surface area contributed by atoms with Gasteiger partial charge < -0.3 is 14.5 Å². The van der Waals surface area contributed by atoms with Crippen LogP contribution in [0, 0.1) is 0 Å². The van der Waals surface area contributed by atoms with Gasteiger partial charge in [0.05, 0.1) is 30.3 Å². The Morgan fingerprint density at radius 1 is 1.41 bits per heavy atom. The number of hydrogen-bond donors (Lipinski definition) is 0. The average Bonchev–Trinajstić information content (AvgIpc) is 2.87. The summed E-state index contributed by atoms with van der Waals surface area (Å²) in [7, 11) is -1.29. The van der Waals surface area contributed by atoms with Crippen LogP contribution >= 0.6 is 0 Å². The highest BCUT2D eigenvalue weighted by atomic mass is 32.2. The van der Waals surface area contributed by atoms with Crippen LogP contribution in [-0.2, 0) is 14.6 Å². The fourth-order valence-electron chi connectivity index (χ4n) is 2.95. The summed E-state index contributed by atoms with van der Waals surface area (Å²) in [4.78, 5) is 16.0. The Morgan fingerprint density at radius 3 is 2.91 bits per heavy atom. The van der Waals surface area contributed by atoms with E-state index in [2.05, 4.69) is 0 Å². The molecule has 1 fully saturated rings. The standard InChI is InChI=1S/C15H20N2O4S/c1-16(12-6-9-22(19,20)11-12)15(18)10-17-7-8-21-14-5-3-2-4-13(14)17/h2-5,12H,6-11H2,1H3/t12-/m1/s1. The first-order valence-corrected chi connectivity index (χ1v) is 9.21. The van der Waals surface area contributed by atoms with Gasteiger partial charge in [0.25, 0.3) is 0 Å². The van der Waals surface area contributed by atoms with E-state index in [4.69, 9.17) is 4.74 Å². The zero-order valence-corrected chi connectivity index (χ0v) is 13.4. The van der Waals surface area contributed by atoms with Crippen molar-refractivity contribution in [2.75, 3.05) is 43.1 Å². The van der Waals surface area contributed by atoms with Crippen molar-refractivity contribution in [3.8, 4) is 5.75 Å². The minimum absolute atomic E-state index is 0.0567. The number of ether oxygens (including phenoxy) is 1. The number of fused-ring (bicyclic) bond motifs is 1. The SMILES string of the molecule is CN(C(=O)CN1CCOc2ccccc21)[C@@H]1CCS(=O)(=O)C1. The number of amides is 1. The van der Waals surface area contributed by atoms with Gasteiger partial charge in [-0.15, -0.1) is 0 Å². The molecule has 1 amide bonds. The lowest BCUT2D eigenvalue weighted by Gasteiger charge is -2.33. The number of benzene rings is 1. The van der Waals surface area contributed by atoms with Gasteiger partial charge in [-0.05, 0) is 18.6 Å². The van der Waals surface area contributed by atoms with E-state index in [1.165, 1.54) is 0 Å². The molecule has 120 valence electrons. The zero-order valence-electron chi connectivity index (χ0n) is 12.6. The van der Waals surface area contributed by atoms with Gasteiger partial charge in [-0.2, -0.15) is 0 Å². The lowest BCUT2D eigenvalue weighted by molar-refractivity contribution is -0.130. The van der Waals surface area contributed by atoms with Gasteiger partial charge in [0.15, 0.2) is 9.84 Å². The zero-order chi connectivity index (χ0) is 15.7. The number of sulfone groups is 1. The molecule has 0 bridgehead atoms. The molecule has 0 radical (unpaired) electrons. The number of anilines is 1. The van der Waals surface area contributed by atoms with Gasteiger partial charge in [0.1, 0.15) is 12.4 Å². The third kappa shape index (κ3) is 3.04. The first-order valence-electron chi connectivity index (χ1n) is 7.39. The van der Waals surface area contributed by atoms with Gasteiger partial charge >= 0.3 is 0 Å². The van der Waals surface area contributed by atoms with E-state index < -0.39 is 9.84 Å². The minimum atomic E-state index is -2.98. The first kappa shape index (κ1) is 15.1. The summed E-state index contributed by atoms with van der Waals surface area (Å²) in [6.07, 6.45) is 0.532. The molecule has 0 aliphatic carbocycles. The van der Waals surface area contributed by atoms with Gasteiger partial charge in [-0.3, -0.25) is 4.79 Å². The third-order valence-corrected chi connectivity index (χ3v) is 6.05. The molecule has 1 aromatic rings. The minimum Gasteiger partial charge on any atom is -0.490 e. The number of carbonyl (C=O) groups excluding carboxylic acids is 1. The second-order valence-electron chi connectivity index (χ2n) is 5.80. The maximum absolute atomic E-state index is 12.5. The Kier molecular flexibility index (Phi) is 3.99. The molecule has 0 unspecified atom stereocenters. The first-order chi connectivity index (χ1) is 10.5.